The highest BCUT2D eigenvalue weighted by molar-refractivity contribution is 5.60. The maximum Gasteiger partial charge on any atom is 0.330 e. The van der Waals surface area contributed by atoms with Crippen molar-refractivity contribution < 1.29 is 18.7 Å². The molecule has 8 heteroatoms. The topological polar surface area (TPSA) is 98.2 Å². The summed E-state index contributed by atoms with van der Waals surface area (Å²) in [6, 6.07) is 1.05. The number of aromatic amines is 1. The number of halogens is 1. The van der Waals surface area contributed by atoms with E-state index in [9.17, 15) is 23.6 Å². The van der Waals surface area contributed by atoms with Crippen LogP contribution >= 0.6 is 0 Å². The number of aldehydes is 2. The number of aromatic nitrogens is 2. The monoisotopic (exact) mass is 284 g/mol. The number of hydrogen-bond donors (Lipinski definition) is 1. The summed E-state index contributed by atoms with van der Waals surface area (Å²) in [6.45, 7) is 1.12. The van der Waals surface area contributed by atoms with E-state index in [-0.39, 0.29) is 6.42 Å². The summed E-state index contributed by atoms with van der Waals surface area (Å²) in [5.74, 6) is -1.17. The molecule has 1 aliphatic rings. The summed E-state index contributed by atoms with van der Waals surface area (Å²) in [7, 11) is 0. The zero-order valence-corrected chi connectivity index (χ0v) is 10.6. The van der Waals surface area contributed by atoms with Crippen LogP contribution in [0.4, 0.5) is 4.39 Å². The number of H-pyrrole nitrogens is 1. The van der Waals surface area contributed by atoms with Gasteiger partial charge in [-0.2, -0.15) is 0 Å². The van der Waals surface area contributed by atoms with Crippen molar-refractivity contribution in [3.63, 3.8) is 0 Å². The normalized spacial score (nSPS) is 33.0. The van der Waals surface area contributed by atoms with E-state index in [4.69, 9.17) is 4.74 Å². The minimum absolute atomic E-state index is 0.155. The lowest BCUT2D eigenvalue weighted by atomic mass is 9.88. The predicted octanol–water partition coefficient (Wildman–Crippen LogP) is -0.434. The van der Waals surface area contributed by atoms with E-state index < -0.39 is 35.2 Å². The Morgan fingerprint density at radius 1 is 1.50 bits per heavy atom. The second kappa shape index (κ2) is 5.12. The van der Waals surface area contributed by atoms with E-state index in [1.54, 1.807) is 0 Å². The van der Waals surface area contributed by atoms with Crippen molar-refractivity contribution in [3.8, 4) is 0 Å². The van der Waals surface area contributed by atoms with Crippen LogP contribution in [0.2, 0.25) is 0 Å². The van der Waals surface area contributed by atoms with Crippen molar-refractivity contribution in [2.75, 3.05) is 0 Å². The lowest BCUT2D eigenvalue weighted by molar-refractivity contribution is -0.116. The average Bonchev–Trinajstić information content (AvgIpc) is 2.61. The standard InChI is InChI=1S/C12H13FN2O5/c1-12(13)7(6-17)8(3-5-16)20-10(12)15-4-2-9(18)14-11(15)19/h2,4-8,10H,3H2,1H3,(H,14,18,19)/t7-,8-,10-,12?/m1/s1. The first-order valence-electron chi connectivity index (χ1n) is 5.96. The molecule has 0 saturated carbocycles. The van der Waals surface area contributed by atoms with E-state index >= 15 is 0 Å². The number of ether oxygens (including phenoxy) is 1. The van der Waals surface area contributed by atoms with Crippen molar-refractivity contribution in [3.05, 3.63) is 33.1 Å². The number of nitrogens with zero attached hydrogens (tertiary/aromatic N) is 1. The smallest absolute Gasteiger partial charge is 0.330 e. The molecule has 1 aromatic heterocycles. The molecule has 0 aromatic carbocycles. The van der Waals surface area contributed by atoms with Crippen LogP contribution in [-0.4, -0.2) is 33.9 Å². The molecular weight excluding hydrogens is 271 g/mol. The molecule has 0 aliphatic carbocycles. The highest BCUT2D eigenvalue weighted by atomic mass is 19.1. The third kappa shape index (κ3) is 2.22. The van der Waals surface area contributed by atoms with Crippen LogP contribution in [0.15, 0.2) is 21.9 Å². The van der Waals surface area contributed by atoms with E-state index in [0.717, 1.165) is 23.8 Å². The molecule has 20 heavy (non-hydrogen) atoms. The zero-order valence-electron chi connectivity index (χ0n) is 10.6. The Kier molecular flexibility index (Phi) is 3.67. The molecule has 7 nitrogen and oxygen atoms in total. The maximum atomic E-state index is 14.8. The van der Waals surface area contributed by atoms with Gasteiger partial charge in [0.2, 0.25) is 0 Å². The van der Waals surface area contributed by atoms with Crippen LogP contribution in [0, 0.1) is 5.92 Å². The largest absolute Gasteiger partial charge is 0.350 e. The molecule has 108 valence electrons. The molecular formula is C12H13FN2O5. The number of carbonyl (C=O) groups excluding carboxylic acids is 2. The Bertz CT molecular complexity index is 635. The highest BCUT2D eigenvalue weighted by Gasteiger charge is 2.55. The summed E-state index contributed by atoms with van der Waals surface area (Å²) < 4.78 is 21.0. The fourth-order valence-corrected chi connectivity index (χ4v) is 2.38. The molecule has 0 spiro atoms. The van der Waals surface area contributed by atoms with Crippen LogP contribution in [-0.2, 0) is 14.3 Å². The Morgan fingerprint density at radius 2 is 2.20 bits per heavy atom. The predicted molar refractivity (Wildman–Crippen MR) is 65.0 cm³/mol. The van der Waals surface area contributed by atoms with Crippen LogP contribution in [0.3, 0.4) is 0 Å². The fourth-order valence-electron chi connectivity index (χ4n) is 2.38. The third-order valence-electron chi connectivity index (χ3n) is 3.42. The Morgan fingerprint density at radius 3 is 2.75 bits per heavy atom. The number of alkyl halides is 1. The summed E-state index contributed by atoms with van der Waals surface area (Å²) in [6.07, 6.45) is -0.484. The molecule has 1 N–H and O–H groups in total. The zero-order chi connectivity index (χ0) is 14.9. The van der Waals surface area contributed by atoms with Gasteiger partial charge in [-0.05, 0) is 6.92 Å². The van der Waals surface area contributed by atoms with Gasteiger partial charge in [0.25, 0.3) is 5.56 Å². The van der Waals surface area contributed by atoms with E-state index in [0.29, 0.717) is 12.6 Å². The minimum atomic E-state index is -2.17. The SMILES string of the molecule is CC1(F)[C@H](C=O)[C@@H](CC=O)O[C@H]1n1ccc(=O)[nH]c1=O. The Balaban J connectivity index is 2.46. The second-order valence-corrected chi connectivity index (χ2v) is 4.76. The summed E-state index contributed by atoms with van der Waals surface area (Å²) >= 11 is 0. The quantitative estimate of drug-likeness (QED) is 0.756. The van der Waals surface area contributed by atoms with Gasteiger partial charge >= 0.3 is 5.69 Å². The number of hydrogen-bond acceptors (Lipinski definition) is 5. The van der Waals surface area contributed by atoms with Crippen molar-refractivity contribution in [1.29, 1.82) is 0 Å². The summed E-state index contributed by atoms with van der Waals surface area (Å²) in [5.41, 5.74) is -3.64. The van der Waals surface area contributed by atoms with Gasteiger partial charge in [0.05, 0.1) is 12.0 Å². The molecule has 4 atom stereocenters. The molecule has 1 saturated heterocycles. The third-order valence-corrected chi connectivity index (χ3v) is 3.42. The number of carbonyl (C=O) groups is 2. The maximum absolute atomic E-state index is 14.8. The Hall–Kier alpha value is -2.09. The van der Waals surface area contributed by atoms with Crippen molar-refractivity contribution in [1.82, 2.24) is 9.55 Å². The Labute approximate surface area is 112 Å². The van der Waals surface area contributed by atoms with Crippen molar-refractivity contribution >= 4 is 12.6 Å². The van der Waals surface area contributed by atoms with Gasteiger partial charge in [0.15, 0.2) is 11.9 Å². The lowest BCUT2D eigenvalue weighted by Crippen LogP contribution is -2.41. The summed E-state index contributed by atoms with van der Waals surface area (Å²) in [4.78, 5) is 46.3. The van der Waals surface area contributed by atoms with Gasteiger partial charge in [0, 0.05) is 18.7 Å². The first-order valence-corrected chi connectivity index (χ1v) is 5.96. The first kappa shape index (κ1) is 14.3. The molecule has 1 unspecified atom stereocenters. The van der Waals surface area contributed by atoms with Crippen LogP contribution in [0.1, 0.15) is 19.6 Å². The molecule has 0 radical (unpaired) electrons. The van der Waals surface area contributed by atoms with Crippen molar-refractivity contribution in [2.24, 2.45) is 5.92 Å². The van der Waals surface area contributed by atoms with Crippen molar-refractivity contribution in [2.45, 2.75) is 31.3 Å². The van der Waals surface area contributed by atoms with E-state index in [2.05, 4.69) is 0 Å². The molecule has 2 heterocycles. The van der Waals surface area contributed by atoms with Crippen LogP contribution in [0.25, 0.3) is 0 Å². The molecule has 2 rings (SSSR count). The van der Waals surface area contributed by atoms with Crippen LogP contribution in [0.5, 0.6) is 0 Å². The van der Waals surface area contributed by atoms with Gasteiger partial charge in [-0.1, -0.05) is 0 Å². The van der Waals surface area contributed by atoms with Gasteiger partial charge in [-0.25, -0.2) is 9.18 Å². The minimum Gasteiger partial charge on any atom is -0.350 e. The second-order valence-electron chi connectivity index (χ2n) is 4.76. The van der Waals surface area contributed by atoms with Crippen LogP contribution < -0.4 is 11.2 Å². The van der Waals surface area contributed by atoms with Gasteiger partial charge in [0.1, 0.15) is 12.6 Å². The first-order chi connectivity index (χ1) is 9.41. The molecule has 1 fully saturated rings. The number of rotatable bonds is 4. The molecule has 1 aromatic rings. The number of nitrogens with one attached hydrogen (secondary N) is 1. The summed E-state index contributed by atoms with van der Waals surface area (Å²) in [5, 5.41) is 0. The average molecular weight is 284 g/mol. The van der Waals surface area contributed by atoms with Gasteiger partial charge < -0.3 is 14.3 Å². The molecule has 0 bridgehead atoms. The molecule has 1 aliphatic heterocycles. The fraction of sp³-hybridized carbons (Fsp3) is 0.500. The van der Waals surface area contributed by atoms with Gasteiger partial charge in [-0.15, -0.1) is 0 Å². The van der Waals surface area contributed by atoms with Gasteiger partial charge in [-0.3, -0.25) is 14.3 Å². The van der Waals surface area contributed by atoms with E-state index in [1.807, 2.05) is 4.98 Å². The molecule has 0 amide bonds. The highest BCUT2D eigenvalue weighted by Crippen LogP contribution is 2.44. The lowest BCUT2D eigenvalue weighted by Gasteiger charge is -2.24. The van der Waals surface area contributed by atoms with E-state index in [1.165, 1.54) is 0 Å².